The average molecular weight is 264 g/mol. The van der Waals surface area contributed by atoms with E-state index in [4.69, 9.17) is 0 Å². The molecule has 0 saturated heterocycles. The van der Waals surface area contributed by atoms with Gasteiger partial charge in [0.15, 0.2) is 0 Å². The highest BCUT2D eigenvalue weighted by Gasteiger charge is 1.99. The number of benzene rings is 2. The van der Waals surface area contributed by atoms with Gasteiger partial charge < -0.3 is 0 Å². The highest BCUT2D eigenvalue weighted by molar-refractivity contribution is 5.68. The molecule has 2 aromatic carbocycles. The number of hydrogen-bond acceptors (Lipinski definition) is 0. The molecule has 0 spiro atoms. The van der Waals surface area contributed by atoms with Crippen LogP contribution in [0.25, 0.3) is 16.7 Å². The predicted octanol–water partition coefficient (Wildman–Crippen LogP) is 6.12. The zero-order valence-corrected chi connectivity index (χ0v) is 12.7. The van der Waals surface area contributed by atoms with E-state index in [-0.39, 0.29) is 0 Å². The van der Waals surface area contributed by atoms with Crippen molar-refractivity contribution in [3.8, 4) is 11.1 Å². The minimum absolute atomic E-state index is 1.11. The summed E-state index contributed by atoms with van der Waals surface area (Å²) in [5, 5.41) is 0. The molecule has 0 saturated carbocycles. The van der Waals surface area contributed by atoms with Gasteiger partial charge in [-0.1, -0.05) is 80.4 Å². The Hall–Kier alpha value is -1.82. The molecule has 0 N–H and O–H groups in total. The van der Waals surface area contributed by atoms with Crippen LogP contribution in [-0.4, -0.2) is 0 Å². The lowest BCUT2D eigenvalue weighted by Gasteiger charge is -2.06. The fourth-order valence-electron chi connectivity index (χ4n) is 2.39. The number of allylic oxidation sites excluding steroid dienone is 1. The van der Waals surface area contributed by atoms with Gasteiger partial charge in [-0.3, -0.25) is 0 Å². The van der Waals surface area contributed by atoms with E-state index in [1.807, 2.05) is 6.92 Å². The average Bonchev–Trinajstić information content (AvgIpc) is 2.48. The number of unbranched alkanes of at least 4 members (excludes halogenated alkanes) is 2. The molecule has 0 atom stereocenters. The Labute approximate surface area is 123 Å². The van der Waals surface area contributed by atoms with E-state index in [0.717, 1.165) is 5.57 Å². The van der Waals surface area contributed by atoms with Crippen molar-refractivity contribution in [2.45, 2.75) is 39.5 Å². The lowest BCUT2D eigenvalue weighted by Crippen LogP contribution is -1.86. The summed E-state index contributed by atoms with van der Waals surface area (Å²) in [6.45, 7) is 8.26. The number of hydrogen-bond donors (Lipinski definition) is 0. The van der Waals surface area contributed by atoms with Crippen molar-refractivity contribution < 1.29 is 0 Å². The maximum Gasteiger partial charge on any atom is -0.0184 e. The second-order valence-electron chi connectivity index (χ2n) is 5.51. The lowest BCUT2D eigenvalue weighted by molar-refractivity contribution is 0.717. The Balaban J connectivity index is 2.07. The van der Waals surface area contributed by atoms with Crippen LogP contribution in [0, 0.1) is 0 Å². The zero-order valence-electron chi connectivity index (χ0n) is 12.7. The van der Waals surface area contributed by atoms with Gasteiger partial charge in [-0.15, -0.1) is 0 Å². The maximum absolute atomic E-state index is 3.97. The first kappa shape index (κ1) is 14.6. The predicted molar refractivity (Wildman–Crippen MR) is 89.8 cm³/mol. The van der Waals surface area contributed by atoms with E-state index < -0.39 is 0 Å². The molecule has 20 heavy (non-hydrogen) atoms. The van der Waals surface area contributed by atoms with Gasteiger partial charge in [-0.25, -0.2) is 0 Å². The molecule has 2 aromatic rings. The molecule has 0 aliphatic heterocycles. The summed E-state index contributed by atoms with van der Waals surface area (Å²) < 4.78 is 0. The summed E-state index contributed by atoms with van der Waals surface area (Å²) in [6, 6.07) is 17.6. The molecule has 0 heterocycles. The molecule has 0 nitrogen and oxygen atoms in total. The smallest absolute Gasteiger partial charge is 0.0184 e. The molecular weight excluding hydrogens is 240 g/mol. The minimum Gasteiger partial charge on any atom is -0.0955 e. The summed E-state index contributed by atoms with van der Waals surface area (Å²) in [5.41, 5.74) is 6.33. The van der Waals surface area contributed by atoms with Crippen LogP contribution in [0.4, 0.5) is 0 Å². The van der Waals surface area contributed by atoms with E-state index in [1.165, 1.54) is 47.9 Å². The third-order valence-electron chi connectivity index (χ3n) is 3.73. The topological polar surface area (TPSA) is 0 Å². The van der Waals surface area contributed by atoms with Crippen molar-refractivity contribution in [2.24, 2.45) is 0 Å². The minimum atomic E-state index is 1.11. The van der Waals surface area contributed by atoms with Gasteiger partial charge in [0, 0.05) is 0 Å². The monoisotopic (exact) mass is 264 g/mol. The first-order valence-corrected chi connectivity index (χ1v) is 7.56. The first-order chi connectivity index (χ1) is 9.70. The summed E-state index contributed by atoms with van der Waals surface area (Å²) in [5.74, 6) is 0. The lowest BCUT2D eigenvalue weighted by atomic mass is 9.99. The highest BCUT2D eigenvalue weighted by atomic mass is 14.0. The Kier molecular flexibility index (Phi) is 5.17. The second-order valence-corrected chi connectivity index (χ2v) is 5.51. The Morgan fingerprint density at radius 3 is 1.90 bits per heavy atom. The van der Waals surface area contributed by atoms with Gasteiger partial charge in [-0.05, 0) is 42.0 Å². The summed E-state index contributed by atoms with van der Waals surface area (Å²) in [7, 11) is 0. The number of rotatable bonds is 6. The van der Waals surface area contributed by atoms with Crippen LogP contribution in [0.1, 0.15) is 44.2 Å². The highest BCUT2D eigenvalue weighted by Crippen LogP contribution is 2.22. The molecule has 0 unspecified atom stereocenters. The van der Waals surface area contributed by atoms with Crippen molar-refractivity contribution >= 4 is 5.57 Å². The van der Waals surface area contributed by atoms with Crippen molar-refractivity contribution in [3.05, 3.63) is 66.2 Å². The fraction of sp³-hybridized carbons (Fsp3) is 0.300. The van der Waals surface area contributed by atoms with Crippen molar-refractivity contribution in [1.29, 1.82) is 0 Å². The third kappa shape index (κ3) is 3.84. The molecular formula is C20H24. The van der Waals surface area contributed by atoms with Crippen LogP contribution >= 0.6 is 0 Å². The normalized spacial score (nSPS) is 10.5. The van der Waals surface area contributed by atoms with Crippen molar-refractivity contribution in [1.82, 2.24) is 0 Å². The van der Waals surface area contributed by atoms with Crippen molar-refractivity contribution in [2.75, 3.05) is 0 Å². The van der Waals surface area contributed by atoms with Crippen LogP contribution in [0.15, 0.2) is 55.1 Å². The third-order valence-corrected chi connectivity index (χ3v) is 3.73. The summed E-state index contributed by atoms with van der Waals surface area (Å²) >= 11 is 0. The molecule has 0 bridgehead atoms. The summed E-state index contributed by atoms with van der Waals surface area (Å²) in [4.78, 5) is 0. The molecule has 0 amide bonds. The Morgan fingerprint density at radius 2 is 1.40 bits per heavy atom. The van der Waals surface area contributed by atoms with Crippen LogP contribution < -0.4 is 0 Å². The Bertz CT molecular complexity index is 544. The van der Waals surface area contributed by atoms with Gasteiger partial charge in [0.05, 0.1) is 0 Å². The maximum atomic E-state index is 3.97. The van der Waals surface area contributed by atoms with E-state index in [0.29, 0.717) is 0 Å². The molecule has 0 aliphatic carbocycles. The summed E-state index contributed by atoms with van der Waals surface area (Å²) in [6.07, 6.45) is 5.10. The zero-order chi connectivity index (χ0) is 14.4. The largest absolute Gasteiger partial charge is 0.0955 e. The van der Waals surface area contributed by atoms with Crippen molar-refractivity contribution in [3.63, 3.8) is 0 Å². The van der Waals surface area contributed by atoms with E-state index in [2.05, 4.69) is 62.0 Å². The van der Waals surface area contributed by atoms with E-state index in [9.17, 15) is 0 Å². The molecule has 0 heteroatoms. The van der Waals surface area contributed by atoms with Crippen LogP contribution in [0.3, 0.4) is 0 Å². The van der Waals surface area contributed by atoms with Gasteiger partial charge in [0.1, 0.15) is 0 Å². The van der Waals surface area contributed by atoms with Crippen LogP contribution in [0.2, 0.25) is 0 Å². The first-order valence-electron chi connectivity index (χ1n) is 7.56. The molecule has 0 aromatic heterocycles. The van der Waals surface area contributed by atoms with E-state index >= 15 is 0 Å². The quantitative estimate of drug-likeness (QED) is 0.551. The van der Waals surface area contributed by atoms with Crippen LogP contribution in [0.5, 0.6) is 0 Å². The van der Waals surface area contributed by atoms with E-state index in [1.54, 1.807) is 0 Å². The SMILES string of the molecule is C=C(C)c1ccc(-c2ccc(CCCCC)cc2)cc1. The number of aryl methyl sites for hydroxylation is 1. The molecule has 0 fully saturated rings. The molecule has 104 valence electrons. The second kappa shape index (κ2) is 7.09. The fourth-order valence-corrected chi connectivity index (χ4v) is 2.39. The standard InChI is InChI=1S/C20H24/c1-4-5-6-7-17-8-10-19(11-9-17)20-14-12-18(13-15-20)16(2)3/h8-15H,2,4-7H2,1,3H3. The van der Waals surface area contributed by atoms with Gasteiger partial charge in [0.2, 0.25) is 0 Å². The molecule has 0 radical (unpaired) electrons. The van der Waals surface area contributed by atoms with Gasteiger partial charge in [-0.2, -0.15) is 0 Å². The van der Waals surface area contributed by atoms with Gasteiger partial charge >= 0.3 is 0 Å². The van der Waals surface area contributed by atoms with Crippen LogP contribution in [-0.2, 0) is 6.42 Å². The van der Waals surface area contributed by atoms with Gasteiger partial charge in [0.25, 0.3) is 0 Å². The molecule has 2 rings (SSSR count). The molecule has 0 aliphatic rings. The Morgan fingerprint density at radius 1 is 0.850 bits per heavy atom.